The summed E-state index contributed by atoms with van der Waals surface area (Å²) in [6.45, 7) is 6.15. The van der Waals surface area contributed by atoms with E-state index in [1.165, 1.54) is 0 Å². The van der Waals surface area contributed by atoms with Gasteiger partial charge in [-0.1, -0.05) is 61.6 Å². The molecule has 1 atom stereocenters. The van der Waals surface area contributed by atoms with Gasteiger partial charge in [0.05, 0.1) is 0 Å². The molecule has 0 spiro atoms. The first-order valence-corrected chi connectivity index (χ1v) is 7.25. The minimum atomic E-state index is -2.08. The summed E-state index contributed by atoms with van der Waals surface area (Å²) >= 11 is 17.6. The highest BCUT2D eigenvalue weighted by Gasteiger charge is 2.59. The molecule has 1 aromatic rings. The minimum Gasteiger partial charge on any atom is -0.428 e. The van der Waals surface area contributed by atoms with Gasteiger partial charge in [-0.2, -0.15) is 0 Å². The van der Waals surface area contributed by atoms with Crippen molar-refractivity contribution in [2.24, 2.45) is 5.73 Å². The number of hydrogen-bond donors (Lipinski definition) is 2. The van der Waals surface area contributed by atoms with Crippen molar-refractivity contribution in [3.8, 4) is 11.5 Å². The van der Waals surface area contributed by atoms with Crippen LogP contribution in [-0.4, -0.2) is 15.7 Å². The molecule has 0 bridgehead atoms. The van der Waals surface area contributed by atoms with E-state index < -0.39 is 15.7 Å². The Kier molecular flexibility index (Phi) is 3.89. The van der Waals surface area contributed by atoms with Crippen LogP contribution in [0.4, 0.5) is 4.79 Å². The number of carbonyl (C=O) groups excluding carboxylic acids is 1. The maximum Gasteiger partial charge on any atom is 0.389 e. The molecular weight excluding hydrogens is 339 g/mol. The average molecular weight is 354 g/mol. The second kappa shape index (κ2) is 5.00. The average Bonchev–Trinajstić information content (AvgIpc) is 2.63. The highest BCUT2D eigenvalue weighted by atomic mass is 35.6. The Bertz CT molecular complexity index is 581. The number of amides is 2. The van der Waals surface area contributed by atoms with Gasteiger partial charge in [-0.3, -0.25) is 5.32 Å². The molecule has 0 unspecified atom stereocenters. The van der Waals surface area contributed by atoms with Crippen LogP contribution in [0.1, 0.15) is 26.3 Å². The molecule has 1 heterocycles. The number of primary amides is 1. The highest BCUT2D eigenvalue weighted by Crippen LogP contribution is 2.49. The molecular formula is C13H15Cl3N2O3. The van der Waals surface area contributed by atoms with Crippen LogP contribution in [0.25, 0.3) is 0 Å². The van der Waals surface area contributed by atoms with Crippen molar-refractivity contribution in [3.63, 3.8) is 0 Å². The fourth-order valence-electron chi connectivity index (χ4n) is 1.87. The zero-order valence-electron chi connectivity index (χ0n) is 11.7. The Morgan fingerprint density at radius 1 is 1.19 bits per heavy atom. The first-order valence-electron chi connectivity index (χ1n) is 6.11. The lowest BCUT2D eigenvalue weighted by atomic mass is 9.87. The molecule has 3 N–H and O–H groups in total. The van der Waals surface area contributed by atoms with Crippen LogP contribution in [0.15, 0.2) is 18.2 Å². The van der Waals surface area contributed by atoms with E-state index in [0.29, 0.717) is 11.5 Å². The Labute approximate surface area is 137 Å². The largest absolute Gasteiger partial charge is 0.428 e. The summed E-state index contributed by atoms with van der Waals surface area (Å²) in [6, 6.07) is 4.40. The van der Waals surface area contributed by atoms with Crippen molar-refractivity contribution < 1.29 is 14.3 Å². The fourth-order valence-corrected chi connectivity index (χ4v) is 2.24. The van der Waals surface area contributed by atoms with E-state index >= 15 is 0 Å². The molecule has 5 nitrogen and oxygen atoms in total. The number of alkyl halides is 3. The summed E-state index contributed by atoms with van der Waals surface area (Å²) in [7, 11) is 0. The molecule has 0 saturated carbocycles. The number of nitrogens with two attached hydrogens (primary N) is 1. The summed E-state index contributed by atoms with van der Waals surface area (Å²) < 4.78 is 9.00. The number of halogens is 3. The molecule has 1 aromatic carbocycles. The SMILES string of the molecule is CC(C)(C)c1ccc2c(c1)O[C@@](NC(N)=O)(C(Cl)(Cl)Cl)O2. The molecule has 0 saturated heterocycles. The van der Waals surface area contributed by atoms with Gasteiger partial charge in [0.2, 0.25) is 0 Å². The molecule has 1 aliphatic heterocycles. The van der Waals surface area contributed by atoms with Gasteiger partial charge in [0.1, 0.15) is 0 Å². The van der Waals surface area contributed by atoms with E-state index in [1.807, 2.05) is 26.8 Å². The molecule has 2 amide bonds. The van der Waals surface area contributed by atoms with Crippen LogP contribution in [-0.2, 0) is 5.41 Å². The van der Waals surface area contributed by atoms with Crippen molar-refractivity contribution in [1.29, 1.82) is 0 Å². The predicted octanol–water partition coefficient (Wildman–Crippen LogP) is 3.45. The minimum absolute atomic E-state index is 0.0965. The topological polar surface area (TPSA) is 73.6 Å². The number of carbonyl (C=O) groups is 1. The van der Waals surface area contributed by atoms with Gasteiger partial charge in [-0.05, 0) is 23.1 Å². The molecule has 0 fully saturated rings. The molecule has 0 aliphatic carbocycles. The summed E-state index contributed by atoms with van der Waals surface area (Å²) in [5, 5.41) is 2.20. The van der Waals surface area contributed by atoms with Gasteiger partial charge in [-0.15, -0.1) is 0 Å². The molecule has 116 valence electrons. The van der Waals surface area contributed by atoms with E-state index in [2.05, 4.69) is 5.32 Å². The summed E-state index contributed by atoms with van der Waals surface area (Å²) in [5.41, 5.74) is 6.01. The Hall–Kier alpha value is -1.04. The third-order valence-corrected chi connectivity index (χ3v) is 3.72. The molecule has 8 heteroatoms. The van der Waals surface area contributed by atoms with Crippen LogP contribution in [0.3, 0.4) is 0 Å². The quantitative estimate of drug-likeness (QED) is 0.759. The van der Waals surface area contributed by atoms with E-state index in [-0.39, 0.29) is 5.41 Å². The molecule has 0 aromatic heterocycles. The van der Waals surface area contributed by atoms with Gasteiger partial charge in [-0.25, -0.2) is 4.79 Å². The van der Waals surface area contributed by atoms with Crippen LogP contribution in [0.5, 0.6) is 11.5 Å². The first kappa shape index (κ1) is 16.3. The van der Waals surface area contributed by atoms with E-state index in [0.717, 1.165) is 5.56 Å². The van der Waals surface area contributed by atoms with Gasteiger partial charge < -0.3 is 15.2 Å². The standard InChI is InChI=1S/C13H15Cl3N2O3/c1-11(2,3)7-4-5-8-9(6-7)21-13(20-8,12(14,15)16)18-10(17)19/h4-6H,1-3H3,(H3,17,18,19)/t13-/m1/s1. The smallest absolute Gasteiger partial charge is 0.389 e. The second-order valence-corrected chi connectivity index (χ2v) is 8.00. The number of fused-ring (bicyclic) bond motifs is 1. The predicted molar refractivity (Wildman–Crippen MR) is 82.1 cm³/mol. The molecule has 0 radical (unpaired) electrons. The van der Waals surface area contributed by atoms with E-state index in [1.54, 1.807) is 12.1 Å². The number of rotatable bonds is 1. The van der Waals surface area contributed by atoms with Crippen molar-refractivity contribution in [2.45, 2.75) is 35.9 Å². The zero-order valence-corrected chi connectivity index (χ0v) is 13.9. The van der Waals surface area contributed by atoms with Crippen LogP contribution in [0, 0.1) is 0 Å². The lowest BCUT2D eigenvalue weighted by molar-refractivity contribution is -0.0926. The Morgan fingerprint density at radius 3 is 2.24 bits per heavy atom. The number of nitrogens with one attached hydrogen (secondary N) is 1. The number of benzene rings is 1. The number of ether oxygens (including phenoxy) is 2. The lowest BCUT2D eigenvalue weighted by Gasteiger charge is -2.32. The molecule has 1 aliphatic rings. The van der Waals surface area contributed by atoms with E-state index in [9.17, 15) is 4.79 Å². The third-order valence-electron chi connectivity index (χ3n) is 2.98. The van der Waals surface area contributed by atoms with Crippen LogP contribution < -0.4 is 20.5 Å². The monoisotopic (exact) mass is 352 g/mol. The van der Waals surface area contributed by atoms with Crippen molar-refractivity contribution in [1.82, 2.24) is 5.32 Å². The Balaban J connectivity index is 2.42. The zero-order chi connectivity index (χ0) is 16.1. The molecule has 21 heavy (non-hydrogen) atoms. The third kappa shape index (κ3) is 3.10. The van der Waals surface area contributed by atoms with Crippen LogP contribution >= 0.6 is 34.8 Å². The van der Waals surface area contributed by atoms with Crippen molar-refractivity contribution >= 4 is 40.8 Å². The maximum atomic E-state index is 11.2. The highest BCUT2D eigenvalue weighted by molar-refractivity contribution is 6.68. The molecule has 2 rings (SSSR count). The maximum absolute atomic E-state index is 11.2. The second-order valence-electron chi connectivity index (χ2n) is 5.72. The number of hydrogen-bond acceptors (Lipinski definition) is 3. The van der Waals surface area contributed by atoms with Gasteiger partial charge in [0.15, 0.2) is 11.5 Å². The normalized spacial score (nSPS) is 21.2. The van der Waals surface area contributed by atoms with Gasteiger partial charge in [0.25, 0.3) is 3.79 Å². The number of urea groups is 1. The summed E-state index contributed by atoms with van der Waals surface area (Å²) in [6.07, 6.45) is 0. The fraction of sp³-hybridized carbons (Fsp3) is 0.462. The van der Waals surface area contributed by atoms with Gasteiger partial charge >= 0.3 is 11.9 Å². The lowest BCUT2D eigenvalue weighted by Crippen LogP contribution is -2.64. The summed E-state index contributed by atoms with van der Waals surface area (Å²) in [4.78, 5) is 11.2. The van der Waals surface area contributed by atoms with Crippen LogP contribution in [0.2, 0.25) is 0 Å². The first-order chi connectivity index (χ1) is 9.45. The summed E-state index contributed by atoms with van der Waals surface area (Å²) in [5.74, 6) is -1.28. The van der Waals surface area contributed by atoms with Gasteiger partial charge in [0, 0.05) is 0 Å². The van der Waals surface area contributed by atoms with E-state index in [4.69, 9.17) is 50.0 Å². The van der Waals surface area contributed by atoms with Crippen molar-refractivity contribution in [2.75, 3.05) is 0 Å². The van der Waals surface area contributed by atoms with Crippen molar-refractivity contribution in [3.05, 3.63) is 23.8 Å². The Morgan fingerprint density at radius 2 is 1.76 bits per heavy atom.